The van der Waals surface area contributed by atoms with E-state index in [4.69, 9.17) is 15.2 Å². The first-order valence-electron chi connectivity index (χ1n) is 5.50. The van der Waals surface area contributed by atoms with Gasteiger partial charge in [0.15, 0.2) is 6.10 Å². The van der Waals surface area contributed by atoms with E-state index in [0.717, 1.165) is 0 Å². The van der Waals surface area contributed by atoms with Crippen LogP contribution in [-0.2, 0) is 14.3 Å². The van der Waals surface area contributed by atoms with Gasteiger partial charge in [0.2, 0.25) is 0 Å². The first-order valence-corrected chi connectivity index (χ1v) is 5.50. The molecule has 0 rings (SSSR count). The van der Waals surface area contributed by atoms with Gasteiger partial charge in [-0.15, -0.1) is 6.58 Å². The summed E-state index contributed by atoms with van der Waals surface area (Å²) in [5.41, 5.74) is 4.86. The third kappa shape index (κ3) is 9.37. The molecule has 0 heterocycles. The first kappa shape index (κ1) is 15.4. The number of esters is 1. The maximum atomic E-state index is 11.3. The summed E-state index contributed by atoms with van der Waals surface area (Å²) in [4.78, 5) is 21.7. The zero-order valence-electron chi connectivity index (χ0n) is 10.1. The predicted molar refractivity (Wildman–Crippen MR) is 63.4 cm³/mol. The van der Waals surface area contributed by atoms with Gasteiger partial charge in [0.05, 0.1) is 13.2 Å². The van der Waals surface area contributed by atoms with Gasteiger partial charge in [0, 0.05) is 6.54 Å². The summed E-state index contributed by atoms with van der Waals surface area (Å²) in [7, 11) is 0. The Hall–Kier alpha value is -1.56. The van der Waals surface area contributed by atoms with E-state index in [2.05, 4.69) is 11.9 Å². The van der Waals surface area contributed by atoms with E-state index >= 15 is 0 Å². The third-order valence-electron chi connectivity index (χ3n) is 1.89. The van der Waals surface area contributed by atoms with Gasteiger partial charge in [0.1, 0.15) is 0 Å². The maximum absolute atomic E-state index is 11.3. The minimum atomic E-state index is -0.586. The van der Waals surface area contributed by atoms with Crippen molar-refractivity contribution >= 4 is 12.0 Å². The molecule has 0 aromatic carbocycles. The van der Waals surface area contributed by atoms with Crippen molar-refractivity contribution in [1.82, 2.24) is 5.32 Å². The molecule has 0 spiro atoms. The highest BCUT2D eigenvalue weighted by molar-refractivity contribution is 5.74. The van der Waals surface area contributed by atoms with E-state index in [9.17, 15) is 9.59 Å². The molecule has 0 aromatic rings. The molecule has 1 atom stereocenters. The molecule has 0 aliphatic heterocycles. The summed E-state index contributed by atoms with van der Waals surface area (Å²) in [6.07, 6.45) is 2.35. The van der Waals surface area contributed by atoms with Crippen LogP contribution in [0.2, 0.25) is 0 Å². The maximum Gasteiger partial charge on any atom is 0.334 e. The molecule has 17 heavy (non-hydrogen) atoms. The van der Waals surface area contributed by atoms with Gasteiger partial charge in [-0.1, -0.05) is 6.08 Å². The number of rotatable bonds is 9. The lowest BCUT2D eigenvalue weighted by molar-refractivity contribution is -0.156. The Bertz CT molecular complexity index is 256. The number of amides is 2. The fourth-order valence-corrected chi connectivity index (χ4v) is 0.970. The van der Waals surface area contributed by atoms with Gasteiger partial charge in [-0.3, -0.25) is 0 Å². The minimum absolute atomic E-state index is 0.230. The summed E-state index contributed by atoms with van der Waals surface area (Å²) in [6, 6.07) is -0.586. The van der Waals surface area contributed by atoms with Crippen molar-refractivity contribution in [2.75, 3.05) is 19.8 Å². The van der Waals surface area contributed by atoms with Crippen molar-refractivity contribution in [3.05, 3.63) is 12.7 Å². The molecule has 0 aromatic heterocycles. The normalized spacial score (nSPS) is 11.6. The standard InChI is InChI=1S/C11H20N2O4/c1-3-4-7-16-9(2)10(14)17-8-5-6-13-11(12)15/h3,9H,1,4-8H2,2H3,(H3,12,13,15). The van der Waals surface area contributed by atoms with E-state index < -0.39 is 18.1 Å². The van der Waals surface area contributed by atoms with Crippen molar-refractivity contribution in [3.63, 3.8) is 0 Å². The van der Waals surface area contributed by atoms with E-state index in [0.29, 0.717) is 26.0 Å². The SMILES string of the molecule is C=CCCOC(C)C(=O)OCCCNC(N)=O. The van der Waals surface area contributed by atoms with Gasteiger partial charge >= 0.3 is 12.0 Å². The third-order valence-corrected chi connectivity index (χ3v) is 1.89. The number of primary amides is 1. The number of hydrogen-bond acceptors (Lipinski definition) is 4. The molecule has 0 radical (unpaired) electrons. The summed E-state index contributed by atoms with van der Waals surface area (Å²) < 4.78 is 10.1. The fourth-order valence-electron chi connectivity index (χ4n) is 0.970. The molecule has 2 amide bonds. The number of nitrogens with one attached hydrogen (secondary N) is 1. The van der Waals surface area contributed by atoms with Crippen molar-refractivity contribution in [2.24, 2.45) is 5.73 Å². The largest absolute Gasteiger partial charge is 0.464 e. The number of ether oxygens (including phenoxy) is 2. The van der Waals surface area contributed by atoms with E-state index in [1.54, 1.807) is 13.0 Å². The van der Waals surface area contributed by atoms with Gasteiger partial charge in [-0.25, -0.2) is 9.59 Å². The Morgan fingerprint density at radius 3 is 2.76 bits per heavy atom. The van der Waals surface area contributed by atoms with Crippen molar-refractivity contribution in [1.29, 1.82) is 0 Å². The number of carbonyl (C=O) groups is 2. The van der Waals surface area contributed by atoms with Crippen LogP contribution in [0.4, 0.5) is 4.79 Å². The number of carbonyl (C=O) groups excluding carboxylic acids is 2. The highest BCUT2D eigenvalue weighted by atomic mass is 16.6. The molecule has 0 aliphatic rings. The van der Waals surface area contributed by atoms with Crippen LogP contribution in [0.5, 0.6) is 0 Å². The molecule has 6 heteroatoms. The highest BCUT2D eigenvalue weighted by Crippen LogP contribution is 1.97. The number of nitrogens with two attached hydrogens (primary N) is 1. The van der Waals surface area contributed by atoms with Crippen molar-refractivity contribution in [2.45, 2.75) is 25.9 Å². The number of hydrogen-bond donors (Lipinski definition) is 2. The molecule has 1 unspecified atom stereocenters. The Morgan fingerprint density at radius 2 is 2.18 bits per heavy atom. The summed E-state index contributed by atoms with van der Waals surface area (Å²) in [6.45, 7) is 6.24. The summed E-state index contributed by atoms with van der Waals surface area (Å²) in [5, 5.41) is 2.40. The van der Waals surface area contributed by atoms with E-state index in [1.807, 2.05) is 0 Å². The second kappa shape index (κ2) is 9.65. The zero-order valence-corrected chi connectivity index (χ0v) is 10.1. The molecule has 0 bridgehead atoms. The molecule has 3 N–H and O–H groups in total. The smallest absolute Gasteiger partial charge is 0.334 e. The highest BCUT2D eigenvalue weighted by Gasteiger charge is 2.13. The summed E-state index contributed by atoms with van der Waals surface area (Å²) in [5.74, 6) is -0.409. The Kier molecular flexibility index (Phi) is 8.77. The lowest BCUT2D eigenvalue weighted by atomic mass is 10.4. The van der Waals surface area contributed by atoms with Crippen LogP contribution in [0.25, 0.3) is 0 Å². The lowest BCUT2D eigenvalue weighted by Crippen LogP contribution is -2.31. The molecule has 0 aliphatic carbocycles. The molecular formula is C11H20N2O4. The molecule has 0 saturated carbocycles. The van der Waals surface area contributed by atoms with Crippen LogP contribution in [0.1, 0.15) is 19.8 Å². The minimum Gasteiger partial charge on any atom is -0.464 e. The average Bonchev–Trinajstić information content (AvgIpc) is 2.28. The molecular weight excluding hydrogens is 224 g/mol. The average molecular weight is 244 g/mol. The van der Waals surface area contributed by atoms with Crippen LogP contribution >= 0.6 is 0 Å². The van der Waals surface area contributed by atoms with Crippen LogP contribution in [0.3, 0.4) is 0 Å². The zero-order chi connectivity index (χ0) is 13.1. The summed E-state index contributed by atoms with van der Waals surface area (Å²) >= 11 is 0. The van der Waals surface area contributed by atoms with E-state index in [1.165, 1.54) is 0 Å². The van der Waals surface area contributed by atoms with Gasteiger partial charge < -0.3 is 20.5 Å². The first-order chi connectivity index (χ1) is 8.07. The Labute approximate surface area is 101 Å². The molecule has 0 fully saturated rings. The quantitative estimate of drug-likeness (QED) is 0.352. The van der Waals surface area contributed by atoms with Gasteiger partial charge in [0.25, 0.3) is 0 Å². The van der Waals surface area contributed by atoms with Crippen LogP contribution in [-0.4, -0.2) is 37.9 Å². The predicted octanol–water partition coefficient (Wildman–Crippen LogP) is 0.569. The second-order valence-electron chi connectivity index (χ2n) is 3.40. The Balaban J connectivity index is 3.50. The Morgan fingerprint density at radius 1 is 1.47 bits per heavy atom. The topological polar surface area (TPSA) is 90.7 Å². The molecule has 0 saturated heterocycles. The number of urea groups is 1. The van der Waals surface area contributed by atoms with Crippen molar-refractivity contribution in [3.8, 4) is 0 Å². The van der Waals surface area contributed by atoms with E-state index in [-0.39, 0.29) is 6.61 Å². The van der Waals surface area contributed by atoms with Gasteiger partial charge in [-0.2, -0.15) is 0 Å². The molecule has 6 nitrogen and oxygen atoms in total. The van der Waals surface area contributed by atoms with Crippen LogP contribution in [0.15, 0.2) is 12.7 Å². The van der Waals surface area contributed by atoms with Gasteiger partial charge in [-0.05, 0) is 19.8 Å². The van der Waals surface area contributed by atoms with Crippen LogP contribution in [0, 0.1) is 0 Å². The fraction of sp³-hybridized carbons (Fsp3) is 0.636. The monoisotopic (exact) mass is 244 g/mol. The van der Waals surface area contributed by atoms with Crippen LogP contribution < -0.4 is 11.1 Å². The molecule has 98 valence electrons. The van der Waals surface area contributed by atoms with Crippen molar-refractivity contribution < 1.29 is 19.1 Å². The second-order valence-corrected chi connectivity index (χ2v) is 3.40. The lowest BCUT2D eigenvalue weighted by Gasteiger charge is -2.11.